The van der Waals surface area contributed by atoms with Gasteiger partial charge in [-0.15, -0.1) is 0 Å². The Morgan fingerprint density at radius 2 is 0.968 bits per heavy atom. The monoisotopic (exact) mass is 400 g/mol. The van der Waals surface area contributed by atoms with Crippen molar-refractivity contribution in [3.05, 3.63) is 108 Å². The average molecular weight is 401 g/mol. The van der Waals surface area contributed by atoms with Crippen LogP contribution in [0.4, 0.5) is 0 Å². The largest absolute Gasteiger partial charge is 0.0622 e. The SMILES string of the molecule is Cc1ccc2c(-c3ccccc3)c3cc(C(C)(C)C)ccc3c(-c3ccccc3)c2c1. The smallest absolute Gasteiger partial charge is 0.00263 e. The third-order valence-electron chi connectivity index (χ3n) is 6.26. The second kappa shape index (κ2) is 7.39. The lowest BCUT2D eigenvalue weighted by Gasteiger charge is -2.23. The minimum absolute atomic E-state index is 0.0945. The number of benzene rings is 5. The lowest BCUT2D eigenvalue weighted by atomic mass is 9.81. The molecule has 31 heavy (non-hydrogen) atoms. The van der Waals surface area contributed by atoms with Gasteiger partial charge in [-0.1, -0.05) is 117 Å². The highest BCUT2D eigenvalue weighted by Gasteiger charge is 2.20. The zero-order valence-electron chi connectivity index (χ0n) is 18.7. The predicted octanol–water partition coefficient (Wildman–Crippen LogP) is 8.93. The molecule has 0 aromatic heterocycles. The number of hydrogen-bond acceptors (Lipinski definition) is 0. The minimum Gasteiger partial charge on any atom is -0.0622 e. The van der Waals surface area contributed by atoms with Gasteiger partial charge in [-0.3, -0.25) is 0 Å². The van der Waals surface area contributed by atoms with E-state index in [1.165, 1.54) is 54.9 Å². The summed E-state index contributed by atoms with van der Waals surface area (Å²) in [6, 6.07) is 35.6. The molecule has 5 rings (SSSR count). The lowest BCUT2D eigenvalue weighted by molar-refractivity contribution is 0.591. The Bertz CT molecular complexity index is 1390. The number of fused-ring (bicyclic) bond motifs is 2. The van der Waals surface area contributed by atoms with Crippen molar-refractivity contribution in [1.29, 1.82) is 0 Å². The summed E-state index contributed by atoms with van der Waals surface area (Å²) < 4.78 is 0. The normalized spacial score (nSPS) is 11.9. The highest BCUT2D eigenvalue weighted by molar-refractivity contribution is 6.21. The van der Waals surface area contributed by atoms with Crippen LogP contribution in [-0.4, -0.2) is 0 Å². The van der Waals surface area contributed by atoms with E-state index in [1.54, 1.807) is 0 Å². The molecule has 0 amide bonds. The van der Waals surface area contributed by atoms with E-state index >= 15 is 0 Å². The molecule has 0 aliphatic rings. The third kappa shape index (κ3) is 3.43. The predicted molar refractivity (Wildman–Crippen MR) is 136 cm³/mol. The van der Waals surface area contributed by atoms with Gasteiger partial charge in [0.15, 0.2) is 0 Å². The van der Waals surface area contributed by atoms with Gasteiger partial charge in [0.05, 0.1) is 0 Å². The molecular formula is C31H28. The Hall–Kier alpha value is -3.38. The van der Waals surface area contributed by atoms with Gasteiger partial charge in [-0.2, -0.15) is 0 Å². The summed E-state index contributed by atoms with van der Waals surface area (Å²) in [5.41, 5.74) is 7.94. The molecule has 5 aromatic carbocycles. The molecule has 0 unspecified atom stereocenters. The summed E-state index contributed by atoms with van der Waals surface area (Å²) in [4.78, 5) is 0. The third-order valence-corrected chi connectivity index (χ3v) is 6.26. The molecule has 0 fully saturated rings. The molecule has 0 bridgehead atoms. The van der Waals surface area contributed by atoms with Crippen LogP contribution in [-0.2, 0) is 5.41 Å². The van der Waals surface area contributed by atoms with Crippen LogP contribution >= 0.6 is 0 Å². The van der Waals surface area contributed by atoms with Crippen LogP contribution < -0.4 is 0 Å². The van der Waals surface area contributed by atoms with Crippen LogP contribution in [0.15, 0.2) is 97.1 Å². The van der Waals surface area contributed by atoms with E-state index in [4.69, 9.17) is 0 Å². The van der Waals surface area contributed by atoms with Crippen LogP contribution in [0.25, 0.3) is 43.8 Å². The van der Waals surface area contributed by atoms with Gasteiger partial charge in [-0.25, -0.2) is 0 Å². The topological polar surface area (TPSA) is 0 Å². The molecular weight excluding hydrogens is 372 g/mol. The highest BCUT2D eigenvalue weighted by Crippen LogP contribution is 2.44. The fourth-order valence-corrected chi connectivity index (χ4v) is 4.64. The molecule has 152 valence electrons. The summed E-state index contributed by atoms with van der Waals surface area (Å²) in [6.45, 7) is 9.06. The average Bonchev–Trinajstić information content (AvgIpc) is 2.77. The second-order valence-electron chi connectivity index (χ2n) is 9.54. The molecule has 0 aliphatic carbocycles. The van der Waals surface area contributed by atoms with Gasteiger partial charge in [0.1, 0.15) is 0 Å². The summed E-state index contributed by atoms with van der Waals surface area (Å²) >= 11 is 0. The van der Waals surface area contributed by atoms with Gasteiger partial charge >= 0.3 is 0 Å². The van der Waals surface area contributed by atoms with Crippen molar-refractivity contribution in [2.24, 2.45) is 0 Å². The van der Waals surface area contributed by atoms with E-state index in [0.717, 1.165) is 0 Å². The second-order valence-corrected chi connectivity index (χ2v) is 9.54. The van der Waals surface area contributed by atoms with Crippen LogP contribution in [0.5, 0.6) is 0 Å². The molecule has 0 spiro atoms. The van der Waals surface area contributed by atoms with E-state index in [0.29, 0.717) is 0 Å². The first-order valence-corrected chi connectivity index (χ1v) is 11.0. The first-order valence-electron chi connectivity index (χ1n) is 11.0. The maximum atomic E-state index is 2.42. The highest BCUT2D eigenvalue weighted by atomic mass is 14.2. The number of aryl methyl sites for hydroxylation is 1. The lowest BCUT2D eigenvalue weighted by Crippen LogP contribution is -2.10. The maximum absolute atomic E-state index is 2.42. The van der Waals surface area contributed by atoms with Crippen molar-refractivity contribution < 1.29 is 0 Å². The molecule has 0 radical (unpaired) electrons. The molecule has 0 atom stereocenters. The quantitative estimate of drug-likeness (QED) is 0.259. The van der Waals surface area contributed by atoms with Crippen molar-refractivity contribution in [3.8, 4) is 22.3 Å². The maximum Gasteiger partial charge on any atom is -0.00263 e. The molecule has 5 aromatic rings. The molecule has 0 saturated heterocycles. The van der Waals surface area contributed by atoms with Gasteiger partial charge in [0.2, 0.25) is 0 Å². The summed E-state index contributed by atoms with van der Waals surface area (Å²) in [5, 5.41) is 5.28. The Labute approximate surface area is 185 Å². The van der Waals surface area contributed by atoms with Crippen molar-refractivity contribution in [3.63, 3.8) is 0 Å². The van der Waals surface area contributed by atoms with E-state index in [9.17, 15) is 0 Å². The molecule has 0 heteroatoms. The first-order chi connectivity index (χ1) is 14.9. The van der Waals surface area contributed by atoms with Gasteiger partial charge in [-0.05, 0) is 67.8 Å². The van der Waals surface area contributed by atoms with Crippen molar-refractivity contribution in [2.45, 2.75) is 33.1 Å². The summed E-state index contributed by atoms with van der Waals surface area (Å²) in [5.74, 6) is 0. The van der Waals surface area contributed by atoms with Gasteiger partial charge in [0.25, 0.3) is 0 Å². The van der Waals surface area contributed by atoms with Crippen molar-refractivity contribution in [2.75, 3.05) is 0 Å². The summed E-state index contributed by atoms with van der Waals surface area (Å²) in [6.07, 6.45) is 0. The molecule has 0 N–H and O–H groups in total. The molecule has 0 nitrogen and oxygen atoms in total. The number of rotatable bonds is 2. The van der Waals surface area contributed by atoms with Gasteiger partial charge < -0.3 is 0 Å². The van der Waals surface area contributed by atoms with E-state index in [1.807, 2.05) is 0 Å². The summed E-state index contributed by atoms with van der Waals surface area (Å²) in [7, 11) is 0. The van der Waals surface area contributed by atoms with E-state index in [-0.39, 0.29) is 5.41 Å². The Balaban J connectivity index is 2.03. The fourth-order valence-electron chi connectivity index (χ4n) is 4.64. The van der Waals surface area contributed by atoms with Crippen LogP contribution in [0.3, 0.4) is 0 Å². The fraction of sp³-hybridized carbons (Fsp3) is 0.161. The Morgan fingerprint density at radius 1 is 0.484 bits per heavy atom. The zero-order valence-corrected chi connectivity index (χ0v) is 18.7. The molecule has 0 saturated carbocycles. The van der Waals surface area contributed by atoms with Crippen molar-refractivity contribution >= 4 is 21.5 Å². The Morgan fingerprint density at radius 3 is 1.48 bits per heavy atom. The molecule has 0 heterocycles. The minimum atomic E-state index is 0.0945. The Kier molecular flexibility index (Phi) is 4.67. The zero-order chi connectivity index (χ0) is 21.6. The van der Waals surface area contributed by atoms with E-state index in [2.05, 4.69) is 125 Å². The van der Waals surface area contributed by atoms with Crippen molar-refractivity contribution in [1.82, 2.24) is 0 Å². The van der Waals surface area contributed by atoms with Crippen LogP contribution in [0.1, 0.15) is 31.9 Å². The standard InChI is InChI=1S/C31H28/c1-21-15-17-25-27(19-21)29(22-11-7-5-8-12-22)26-18-16-24(31(2,3)4)20-28(26)30(25)23-13-9-6-10-14-23/h5-20H,1-4H3. The van der Waals surface area contributed by atoms with Crippen LogP contribution in [0.2, 0.25) is 0 Å². The van der Waals surface area contributed by atoms with Crippen LogP contribution in [0, 0.1) is 6.92 Å². The first kappa shape index (κ1) is 19.6. The molecule has 0 aliphatic heterocycles. The van der Waals surface area contributed by atoms with E-state index < -0.39 is 0 Å². The number of hydrogen-bond donors (Lipinski definition) is 0. The van der Waals surface area contributed by atoms with Gasteiger partial charge in [0, 0.05) is 0 Å².